The van der Waals surface area contributed by atoms with Gasteiger partial charge in [-0.15, -0.1) is 0 Å². The van der Waals surface area contributed by atoms with Gasteiger partial charge in [0.15, 0.2) is 11.5 Å². The number of carbonyl (C=O) groups excluding carboxylic acids is 2. The van der Waals surface area contributed by atoms with Crippen LogP contribution in [0.3, 0.4) is 0 Å². The van der Waals surface area contributed by atoms with Gasteiger partial charge in [-0.3, -0.25) is 9.59 Å². The average Bonchev–Trinajstić information content (AvgIpc) is 2.94. The molecule has 0 saturated heterocycles. The number of amides is 1. The first-order valence-electron chi connectivity index (χ1n) is 9.34. The monoisotopic (exact) mass is 377 g/mol. The molecule has 0 saturated carbocycles. The molecular formula is C23H23NO4. The highest BCUT2D eigenvalue weighted by atomic mass is 16.5. The maximum atomic E-state index is 12.9. The summed E-state index contributed by atoms with van der Waals surface area (Å²) in [6.07, 6.45) is 0.285. The van der Waals surface area contributed by atoms with Gasteiger partial charge < -0.3 is 14.5 Å². The highest BCUT2D eigenvalue weighted by molar-refractivity contribution is 6.14. The van der Waals surface area contributed by atoms with Crippen LogP contribution >= 0.6 is 0 Å². The molecule has 0 unspecified atom stereocenters. The van der Waals surface area contributed by atoms with Crippen molar-refractivity contribution in [3.05, 3.63) is 58.3 Å². The van der Waals surface area contributed by atoms with Crippen molar-refractivity contribution in [3.63, 3.8) is 0 Å². The number of nitrogens with one attached hydrogen (secondary N) is 1. The number of anilines is 1. The molecule has 1 aliphatic heterocycles. The number of ether oxygens (including phenoxy) is 1. The molecule has 1 amide bonds. The summed E-state index contributed by atoms with van der Waals surface area (Å²) in [5.74, 6) is 0.420. The lowest BCUT2D eigenvalue weighted by Gasteiger charge is -2.31. The third-order valence-corrected chi connectivity index (χ3v) is 5.37. The number of rotatable bonds is 2. The van der Waals surface area contributed by atoms with E-state index in [1.54, 1.807) is 19.1 Å². The number of Topliss-reactive ketones (excluding diaryl/α,β-unsaturated/α-hetero) is 1. The molecule has 5 nitrogen and oxygen atoms in total. The zero-order valence-electron chi connectivity index (χ0n) is 16.7. The molecule has 3 aromatic rings. The quantitative estimate of drug-likeness (QED) is 0.653. The van der Waals surface area contributed by atoms with Crippen LogP contribution in [0, 0.1) is 20.8 Å². The van der Waals surface area contributed by atoms with Crippen molar-refractivity contribution in [2.24, 2.45) is 0 Å². The Bertz CT molecular complexity index is 1140. The van der Waals surface area contributed by atoms with Crippen molar-refractivity contribution >= 4 is 28.3 Å². The number of fused-ring (bicyclic) bond motifs is 3. The highest BCUT2D eigenvalue weighted by Crippen LogP contribution is 2.40. The van der Waals surface area contributed by atoms with Crippen molar-refractivity contribution < 1.29 is 18.7 Å². The molecule has 144 valence electrons. The van der Waals surface area contributed by atoms with Gasteiger partial charge in [-0.1, -0.05) is 12.1 Å². The van der Waals surface area contributed by atoms with Crippen LogP contribution in [0.1, 0.15) is 57.9 Å². The predicted molar refractivity (Wildman–Crippen MR) is 108 cm³/mol. The standard InChI is InChI=1S/C23H23NO4/c1-12-7-6-8-15(13(12)2)24-22(26)21-14(3)19-17(27-21)9-10-18-20(19)16(25)11-23(4,5)28-18/h6-10H,11H2,1-5H3,(H,24,26). The molecule has 1 N–H and O–H groups in total. The fourth-order valence-electron chi connectivity index (χ4n) is 3.77. The molecule has 2 aromatic carbocycles. The lowest BCUT2D eigenvalue weighted by molar-refractivity contribution is 0.0623. The summed E-state index contributed by atoms with van der Waals surface area (Å²) in [6.45, 7) is 9.55. The van der Waals surface area contributed by atoms with Crippen molar-refractivity contribution in [2.45, 2.75) is 46.6 Å². The van der Waals surface area contributed by atoms with Gasteiger partial charge in [-0.25, -0.2) is 0 Å². The SMILES string of the molecule is Cc1cccc(NC(=O)c2oc3ccc4c(c3c2C)C(=O)CC(C)(C)O4)c1C. The Balaban J connectivity index is 1.79. The Morgan fingerprint density at radius 2 is 1.82 bits per heavy atom. The first kappa shape index (κ1) is 18.3. The van der Waals surface area contributed by atoms with E-state index in [0.29, 0.717) is 27.8 Å². The minimum Gasteiger partial charge on any atom is -0.487 e. The summed E-state index contributed by atoms with van der Waals surface area (Å²) in [5, 5.41) is 3.58. The van der Waals surface area contributed by atoms with E-state index < -0.39 is 5.60 Å². The number of aryl methyl sites for hydroxylation is 2. The number of furan rings is 1. The van der Waals surface area contributed by atoms with E-state index in [1.165, 1.54) is 0 Å². The van der Waals surface area contributed by atoms with Gasteiger partial charge in [0.25, 0.3) is 5.91 Å². The van der Waals surface area contributed by atoms with E-state index in [0.717, 1.165) is 16.8 Å². The maximum Gasteiger partial charge on any atom is 0.291 e. The highest BCUT2D eigenvalue weighted by Gasteiger charge is 2.35. The molecular weight excluding hydrogens is 354 g/mol. The smallest absolute Gasteiger partial charge is 0.291 e. The van der Waals surface area contributed by atoms with Crippen LogP contribution in [-0.4, -0.2) is 17.3 Å². The average molecular weight is 377 g/mol. The van der Waals surface area contributed by atoms with Crippen molar-refractivity contribution in [1.29, 1.82) is 0 Å². The minimum atomic E-state index is -0.543. The predicted octanol–water partition coefficient (Wildman–Crippen LogP) is 5.35. The van der Waals surface area contributed by atoms with Gasteiger partial charge in [-0.2, -0.15) is 0 Å². The normalized spacial score (nSPS) is 15.2. The number of hydrogen-bond donors (Lipinski definition) is 1. The van der Waals surface area contributed by atoms with Gasteiger partial charge in [0.2, 0.25) is 0 Å². The van der Waals surface area contributed by atoms with Crippen molar-refractivity contribution in [1.82, 2.24) is 0 Å². The zero-order chi connectivity index (χ0) is 20.2. The molecule has 1 aromatic heterocycles. The van der Waals surface area contributed by atoms with Crippen LogP contribution in [0.2, 0.25) is 0 Å². The molecule has 0 radical (unpaired) electrons. The van der Waals surface area contributed by atoms with Gasteiger partial charge in [0, 0.05) is 16.6 Å². The van der Waals surface area contributed by atoms with Gasteiger partial charge >= 0.3 is 0 Å². The molecule has 0 aliphatic carbocycles. The summed E-state index contributed by atoms with van der Waals surface area (Å²) >= 11 is 0. The van der Waals surface area contributed by atoms with E-state index in [9.17, 15) is 9.59 Å². The van der Waals surface area contributed by atoms with Crippen LogP contribution in [0.15, 0.2) is 34.7 Å². The fraction of sp³-hybridized carbons (Fsp3) is 0.304. The minimum absolute atomic E-state index is 0.00207. The molecule has 0 fully saturated rings. The van der Waals surface area contributed by atoms with E-state index in [2.05, 4.69) is 5.32 Å². The Labute approximate surface area is 163 Å². The first-order valence-corrected chi connectivity index (χ1v) is 9.34. The van der Waals surface area contributed by atoms with Gasteiger partial charge in [-0.05, 0) is 63.9 Å². The molecule has 2 heterocycles. The van der Waals surface area contributed by atoms with Gasteiger partial charge in [0.05, 0.1) is 12.0 Å². The number of benzene rings is 2. The Morgan fingerprint density at radius 1 is 1.07 bits per heavy atom. The molecule has 0 spiro atoms. The van der Waals surface area contributed by atoms with E-state index >= 15 is 0 Å². The van der Waals surface area contributed by atoms with Gasteiger partial charge in [0.1, 0.15) is 16.9 Å². The molecule has 0 atom stereocenters. The summed E-state index contributed by atoms with van der Waals surface area (Å²) in [5.41, 5.74) is 3.96. The van der Waals surface area contributed by atoms with Crippen LogP contribution in [0.25, 0.3) is 11.0 Å². The van der Waals surface area contributed by atoms with Crippen LogP contribution in [0.5, 0.6) is 5.75 Å². The lowest BCUT2D eigenvalue weighted by Crippen LogP contribution is -2.35. The molecule has 0 bridgehead atoms. The summed E-state index contributed by atoms with van der Waals surface area (Å²) in [7, 11) is 0. The number of ketones is 1. The number of hydrogen-bond acceptors (Lipinski definition) is 4. The topological polar surface area (TPSA) is 68.5 Å². The zero-order valence-corrected chi connectivity index (χ0v) is 16.7. The summed E-state index contributed by atoms with van der Waals surface area (Å²) < 4.78 is 11.8. The third kappa shape index (κ3) is 2.87. The Morgan fingerprint density at radius 3 is 2.57 bits per heavy atom. The van der Waals surface area contributed by atoms with Crippen LogP contribution in [0.4, 0.5) is 5.69 Å². The second kappa shape index (κ2) is 6.23. The first-order chi connectivity index (χ1) is 13.2. The lowest BCUT2D eigenvalue weighted by atomic mass is 9.90. The van der Waals surface area contributed by atoms with Crippen LogP contribution < -0.4 is 10.1 Å². The number of carbonyl (C=O) groups is 2. The van der Waals surface area contributed by atoms with Crippen LogP contribution in [-0.2, 0) is 0 Å². The van der Waals surface area contributed by atoms with E-state index in [-0.39, 0.29) is 23.9 Å². The van der Waals surface area contributed by atoms with E-state index in [4.69, 9.17) is 9.15 Å². The third-order valence-electron chi connectivity index (χ3n) is 5.37. The summed E-state index contributed by atoms with van der Waals surface area (Å²) in [4.78, 5) is 25.7. The van der Waals surface area contributed by atoms with E-state index in [1.807, 2.05) is 45.9 Å². The fourth-order valence-corrected chi connectivity index (χ4v) is 3.77. The Kier molecular flexibility index (Phi) is 4.07. The largest absolute Gasteiger partial charge is 0.487 e. The molecule has 4 rings (SSSR count). The molecule has 1 aliphatic rings. The van der Waals surface area contributed by atoms with Crippen molar-refractivity contribution in [2.75, 3.05) is 5.32 Å². The second-order valence-corrected chi connectivity index (χ2v) is 8.03. The second-order valence-electron chi connectivity index (χ2n) is 8.03. The molecule has 28 heavy (non-hydrogen) atoms. The Hall–Kier alpha value is -3.08. The van der Waals surface area contributed by atoms with Crippen molar-refractivity contribution in [3.8, 4) is 5.75 Å². The summed E-state index contributed by atoms with van der Waals surface area (Å²) in [6, 6.07) is 9.25. The maximum absolute atomic E-state index is 12.9. The molecule has 5 heteroatoms.